The maximum absolute atomic E-state index is 6.37. The molecule has 0 fully saturated rings. The Balaban J connectivity index is 1.71. The minimum Gasteiger partial charge on any atom is -0.486 e. The second kappa shape index (κ2) is 9.41. The van der Waals surface area contributed by atoms with Gasteiger partial charge in [0.1, 0.15) is 6.61 Å². The van der Waals surface area contributed by atoms with Crippen LogP contribution in [0.3, 0.4) is 0 Å². The predicted octanol–water partition coefficient (Wildman–Crippen LogP) is 7.65. The van der Waals surface area contributed by atoms with Crippen LogP contribution in [0.15, 0.2) is 70.1 Å². The van der Waals surface area contributed by atoms with Gasteiger partial charge < -0.3 is 4.74 Å². The molecule has 27 heavy (non-hydrogen) atoms. The quantitative estimate of drug-likeness (QED) is 0.344. The van der Waals surface area contributed by atoms with Crippen LogP contribution >= 0.6 is 39.1 Å². The van der Waals surface area contributed by atoms with Crippen molar-refractivity contribution >= 4 is 51.0 Å². The Kier molecular flexibility index (Phi) is 6.95. The second-order valence-corrected chi connectivity index (χ2v) is 7.74. The van der Waals surface area contributed by atoms with E-state index in [4.69, 9.17) is 27.9 Å². The molecule has 0 saturated carbocycles. The van der Waals surface area contributed by atoms with Crippen LogP contribution in [-0.4, -0.2) is 6.21 Å². The van der Waals surface area contributed by atoms with Crippen molar-refractivity contribution in [3.63, 3.8) is 0 Å². The fourth-order valence-corrected chi connectivity index (χ4v) is 3.37. The molecule has 0 spiro atoms. The molecule has 5 heteroatoms. The lowest BCUT2D eigenvalue weighted by molar-refractivity contribution is 0.306. The van der Waals surface area contributed by atoms with Gasteiger partial charge in [0.05, 0.1) is 15.7 Å². The average Bonchev–Trinajstić information content (AvgIpc) is 2.67. The summed E-state index contributed by atoms with van der Waals surface area (Å²) in [7, 11) is 0. The molecule has 0 heterocycles. The molecule has 0 amide bonds. The number of hydrogen-bond donors (Lipinski definition) is 0. The monoisotopic (exact) mass is 461 g/mol. The van der Waals surface area contributed by atoms with E-state index in [1.807, 2.05) is 36.4 Å². The number of nitrogens with zero attached hydrogens (tertiary/aromatic N) is 1. The summed E-state index contributed by atoms with van der Waals surface area (Å²) in [5.41, 5.74) is 4.02. The minimum atomic E-state index is 0.393. The molecule has 0 bridgehead atoms. The number of aliphatic imine (C=N–C) groups is 1. The van der Waals surface area contributed by atoms with E-state index in [1.54, 1.807) is 18.3 Å². The van der Waals surface area contributed by atoms with Gasteiger partial charge in [0.15, 0.2) is 5.75 Å². The first-order chi connectivity index (χ1) is 13.0. The zero-order chi connectivity index (χ0) is 19.2. The third-order valence-corrected chi connectivity index (χ3v) is 5.11. The van der Waals surface area contributed by atoms with Gasteiger partial charge in [-0.05, 0) is 59.5 Å². The van der Waals surface area contributed by atoms with E-state index in [2.05, 4.69) is 40.0 Å². The van der Waals surface area contributed by atoms with Gasteiger partial charge in [0.25, 0.3) is 0 Å². The highest BCUT2D eigenvalue weighted by molar-refractivity contribution is 9.10. The molecule has 3 aromatic rings. The number of ether oxygens (including phenoxy) is 1. The van der Waals surface area contributed by atoms with Gasteiger partial charge in [-0.15, -0.1) is 0 Å². The molecular weight excluding hydrogens is 445 g/mol. The standard InChI is InChI=1S/C22H18BrCl2NO/c1-2-15-5-9-19(10-6-15)26-13-17-11-20(24)22(21(25)12-17)27-14-16-3-7-18(23)8-4-16/h3-13H,2,14H2,1H3. The number of benzene rings is 3. The Hall–Kier alpha value is -1.81. The lowest BCUT2D eigenvalue weighted by Crippen LogP contribution is -1.97. The number of hydrogen-bond acceptors (Lipinski definition) is 2. The summed E-state index contributed by atoms with van der Waals surface area (Å²) in [6, 6.07) is 19.6. The molecule has 0 N–H and O–H groups in total. The lowest BCUT2D eigenvalue weighted by Gasteiger charge is -2.11. The fraction of sp³-hybridized carbons (Fsp3) is 0.136. The van der Waals surface area contributed by atoms with Gasteiger partial charge in [-0.1, -0.05) is 70.3 Å². The van der Waals surface area contributed by atoms with Gasteiger partial charge in [-0.25, -0.2) is 0 Å². The van der Waals surface area contributed by atoms with E-state index in [0.717, 1.165) is 27.7 Å². The van der Waals surface area contributed by atoms with Crippen LogP contribution < -0.4 is 4.74 Å². The van der Waals surface area contributed by atoms with Crippen molar-refractivity contribution in [2.45, 2.75) is 20.0 Å². The van der Waals surface area contributed by atoms with Crippen LogP contribution in [-0.2, 0) is 13.0 Å². The SMILES string of the molecule is CCc1ccc(N=Cc2cc(Cl)c(OCc3ccc(Br)cc3)c(Cl)c2)cc1. The van der Waals surface area contributed by atoms with E-state index < -0.39 is 0 Å². The third kappa shape index (κ3) is 5.58. The Labute approximate surface area is 177 Å². The molecule has 0 aliphatic rings. The van der Waals surface area contributed by atoms with Crippen molar-refractivity contribution in [1.29, 1.82) is 0 Å². The maximum atomic E-state index is 6.37. The molecule has 2 nitrogen and oxygen atoms in total. The summed E-state index contributed by atoms with van der Waals surface area (Å²) in [5, 5.41) is 0.921. The first-order valence-corrected chi connectivity index (χ1v) is 10.1. The Morgan fingerprint density at radius 2 is 1.52 bits per heavy atom. The minimum absolute atomic E-state index is 0.393. The Bertz CT molecular complexity index is 915. The van der Waals surface area contributed by atoms with Gasteiger partial charge in [0, 0.05) is 10.7 Å². The summed E-state index contributed by atoms with van der Waals surface area (Å²) in [4.78, 5) is 4.48. The van der Waals surface area contributed by atoms with E-state index in [0.29, 0.717) is 22.4 Å². The van der Waals surface area contributed by atoms with Crippen molar-refractivity contribution in [1.82, 2.24) is 0 Å². The molecule has 0 aliphatic heterocycles. The van der Waals surface area contributed by atoms with Crippen molar-refractivity contribution < 1.29 is 4.74 Å². The van der Waals surface area contributed by atoms with E-state index in [1.165, 1.54) is 5.56 Å². The molecule has 3 aromatic carbocycles. The summed E-state index contributed by atoms with van der Waals surface area (Å²) >= 11 is 16.2. The first kappa shape index (κ1) is 19.9. The zero-order valence-electron chi connectivity index (χ0n) is 14.8. The number of halogens is 3. The molecule has 0 atom stereocenters. The molecule has 0 saturated heterocycles. The van der Waals surface area contributed by atoms with Crippen LogP contribution in [0.4, 0.5) is 5.69 Å². The zero-order valence-corrected chi connectivity index (χ0v) is 17.9. The molecule has 3 rings (SSSR count). The van der Waals surface area contributed by atoms with Crippen molar-refractivity contribution in [3.05, 3.63) is 91.9 Å². The molecular formula is C22H18BrCl2NO. The highest BCUT2D eigenvalue weighted by Gasteiger charge is 2.09. The van der Waals surface area contributed by atoms with Crippen LogP contribution in [0.25, 0.3) is 0 Å². The van der Waals surface area contributed by atoms with Gasteiger partial charge in [0.2, 0.25) is 0 Å². The summed E-state index contributed by atoms with van der Waals surface area (Å²) in [6.45, 7) is 2.52. The summed E-state index contributed by atoms with van der Waals surface area (Å²) in [5.74, 6) is 0.478. The average molecular weight is 463 g/mol. The molecule has 0 unspecified atom stereocenters. The van der Waals surface area contributed by atoms with Crippen LogP contribution in [0, 0.1) is 0 Å². The molecule has 0 aliphatic carbocycles. The number of rotatable bonds is 6. The molecule has 138 valence electrons. The van der Waals surface area contributed by atoms with Crippen LogP contribution in [0.2, 0.25) is 10.0 Å². The van der Waals surface area contributed by atoms with Crippen LogP contribution in [0.5, 0.6) is 5.75 Å². The smallest absolute Gasteiger partial charge is 0.157 e. The lowest BCUT2D eigenvalue weighted by atomic mass is 10.1. The first-order valence-electron chi connectivity index (χ1n) is 8.54. The van der Waals surface area contributed by atoms with Gasteiger partial charge in [-0.2, -0.15) is 0 Å². The van der Waals surface area contributed by atoms with E-state index in [-0.39, 0.29) is 0 Å². The Morgan fingerprint density at radius 3 is 2.11 bits per heavy atom. The highest BCUT2D eigenvalue weighted by atomic mass is 79.9. The van der Waals surface area contributed by atoms with E-state index in [9.17, 15) is 0 Å². The van der Waals surface area contributed by atoms with E-state index >= 15 is 0 Å². The second-order valence-electron chi connectivity index (χ2n) is 6.01. The summed E-state index contributed by atoms with van der Waals surface area (Å²) < 4.78 is 6.84. The largest absolute Gasteiger partial charge is 0.486 e. The topological polar surface area (TPSA) is 21.6 Å². The third-order valence-electron chi connectivity index (χ3n) is 4.02. The van der Waals surface area contributed by atoms with Gasteiger partial charge >= 0.3 is 0 Å². The summed E-state index contributed by atoms with van der Waals surface area (Å²) in [6.07, 6.45) is 2.76. The molecule has 0 radical (unpaired) electrons. The predicted molar refractivity (Wildman–Crippen MR) is 118 cm³/mol. The molecule has 0 aromatic heterocycles. The van der Waals surface area contributed by atoms with Crippen LogP contribution in [0.1, 0.15) is 23.6 Å². The fourth-order valence-electron chi connectivity index (χ4n) is 2.49. The Morgan fingerprint density at radius 1 is 0.926 bits per heavy atom. The van der Waals surface area contributed by atoms with Crippen molar-refractivity contribution in [3.8, 4) is 5.75 Å². The van der Waals surface area contributed by atoms with Crippen molar-refractivity contribution in [2.24, 2.45) is 4.99 Å². The maximum Gasteiger partial charge on any atom is 0.157 e. The normalized spacial score (nSPS) is 11.1. The highest BCUT2D eigenvalue weighted by Crippen LogP contribution is 2.34. The van der Waals surface area contributed by atoms with Crippen molar-refractivity contribution in [2.75, 3.05) is 0 Å². The number of aryl methyl sites for hydroxylation is 1. The van der Waals surface area contributed by atoms with Gasteiger partial charge in [-0.3, -0.25) is 4.99 Å².